The highest BCUT2D eigenvalue weighted by Crippen LogP contribution is 2.42. The fraction of sp³-hybridized carbons (Fsp3) is 0.556. The first kappa shape index (κ1) is 24.9. The number of rotatable bonds is 8. The fourth-order valence-electron chi connectivity index (χ4n) is 5.85. The van der Waals surface area contributed by atoms with Crippen molar-refractivity contribution in [3.05, 3.63) is 35.5 Å². The number of nitrogens with one attached hydrogen (secondary N) is 1. The Kier molecular flexibility index (Phi) is 7.57. The summed E-state index contributed by atoms with van der Waals surface area (Å²) in [4.78, 5) is 42.8. The minimum Gasteiger partial charge on any atom is -0.468 e. The number of esters is 3. The summed E-state index contributed by atoms with van der Waals surface area (Å²) in [7, 11) is 1.38. The number of para-hydroxylation sites is 1. The van der Waals surface area contributed by atoms with Crippen molar-refractivity contribution in [2.75, 3.05) is 20.3 Å². The van der Waals surface area contributed by atoms with Crippen molar-refractivity contribution < 1.29 is 33.2 Å². The number of fused-ring (bicyclic) bond motifs is 4. The molecule has 1 N–H and O–H groups in total. The van der Waals surface area contributed by atoms with Crippen LogP contribution < -0.4 is 0 Å². The third-order valence-corrected chi connectivity index (χ3v) is 7.29. The SMILES string of the molecule is CCOC(=O)C(C[C@H]1C(C(=O)OC)c2c([nH]c3ccccc23)C2=[N+]1C(CC)CCC2)C(=O)OCC. The Morgan fingerprint density at radius 1 is 1.09 bits per heavy atom. The molecule has 35 heavy (non-hydrogen) atoms. The number of carbonyl (C=O) groups is 3. The summed E-state index contributed by atoms with van der Waals surface area (Å²) in [6.45, 7) is 5.86. The molecule has 2 unspecified atom stereocenters. The lowest BCUT2D eigenvalue weighted by atomic mass is 9.77. The van der Waals surface area contributed by atoms with Gasteiger partial charge >= 0.3 is 17.9 Å². The largest absolute Gasteiger partial charge is 0.468 e. The molecule has 0 saturated heterocycles. The summed E-state index contributed by atoms with van der Waals surface area (Å²) in [6, 6.07) is 7.65. The van der Waals surface area contributed by atoms with Gasteiger partial charge in [-0.1, -0.05) is 25.1 Å². The standard InChI is InChI=1S/C27H34N2O6/c1-5-16-11-10-14-20-24-22(17-12-8-9-13-19(17)28-24)23(27(32)33-4)21(29(16)20)15-18(25(30)34-6-2)26(31)35-7-3/h8-9,12-13,16,18,21,23H,5-7,10-11,14-15H2,1-4H3/p+1/t16?,21-,23?/m0/s1. The minimum absolute atomic E-state index is 0.108. The molecule has 4 rings (SSSR count). The molecule has 1 aromatic heterocycles. The molecule has 0 radical (unpaired) electrons. The van der Waals surface area contributed by atoms with E-state index in [0.29, 0.717) is 0 Å². The average Bonchev–Trinajstić information content (AvgIpc) is 3.26. The second kappa shape index (κ2) is 10.6. The van der Waals surface area contributed by atoms with E-state index in [1.54, 1.807) is 13.8 Å². The van der Waals surface area contributed by atoms with Gasteiger partial charge in [-0.05, 0) is 26.3 Å². The number of aromatic amines is 1. The molecule has 0 aliphatic carbocycles. The third kappa shape index (κ3) is 4.46. The number of hydrogen-bond acceptors (Lipinski definition) is 6. The first-order valence-corrected chi connectivity index (χ1v) is 12.6. The predicted octanol–water partition coefficient (Wildman–Crippen LogP) is 3.70. The van der Waals surface area contributed by atoms with Gasteiger partial charge in [-0.15, -0.1) is 0 Å². The van der Waals surface area contributed by atoms with E-state index in [-0.39, 0.29) is 31.6 Å². The normalized spacial score (nSPS) is 21.5. The van der Waals surface area contributed by atoms with Gasteiger partial charge in [-0.25, -0.2) is 4.58 Å². The molecule has 3 atom stereocenters. The second-order valence-electron chi connectivity index (χ2n) is 9.13. The van der Waals surface area contributed by atoms with Crippen molar-refractivity contribution in [2.45, 2.75) is 70.9 Å². The highest BCUT2D eigenvalue weighted by Gasteiger charge is 2.53. The molecule has 188 valence electrons. The summed E-state index contributed by atoms with van der Waals surface area (Å²) < 4.78 is 18.1. The monoisotopic (exact) mass is 483 g/mol. The summed E-state index contributed by atoms with van der Waals surface area (Å²) in [5.41, 5.74) is 3.92. The van der Waals surface area contributed by atoms with Crippen LogP contribution in [0.15, 0.2) is 24.3 Å². The van der Waals surface area contributed by atoms with Gasteiger partial charge in [0.05, 0.1) is 20.3 Å². The molecule has 2 aliphatic heterocycles. The zero-order valence-corrected chi connectivity index (χ0v) is 21.0. The molecule has 0 spiro atoms. The molecule has 2 aromatic rings. The molecule has 8 heteroatoms. The maximum atomic E-state index is 13.4. The molecule has 0 saturated carbocycles. The van der Waals surface area contributed by atoms with Crippen LogP contribution in [0.3, 0.4) is 0 Å². The lowest BCUT2D eigenvalue weighted by Crippen LogP contribution is -2.52. The smallest absolute Gasteiger partial charge is 0.320 e. The van der Waals surface area contributed by atoms with Crippen LogP contribution in [0, 0.1) is 5.92 Å². The van der Waals surface area contributed by atoms with Crippen molar-refractivity contribution in [3.63, 3.8) is 0 Å². The first-order chi connectivity index (χ1) is 17.0. The lowest BCUT2D eigenvalue weighted by Gasteiger charge is -2.36. The van der Waals surface area contributed by atoms with E-state index in [1.165, 1.54) is 7.11 Å². The van der Waals surface area contributed by atoms with Crippen molar-refractivity contribution in [2.24, 2.45) is 5.92 Å². The number of nitrogens with zero attached hydrogens (tertiary/aromatic N) is 1. The van der Waals surface area contributed by atoms with Gasteiger partial charge < -0.3 is 19.2 Å². The second-order valence-corrected chi connectivity index (χ2v) is 9.13. The third-order valence-electron chi connectivity index (χ3n) is 7.29. The zero-order chi connectivity index (χ0) is 25.1. The van der Waals surface area contributed by atoms with Crippen LogP contribution in [-0.4, -0.2) is 65.6 Å². The summed E-state index contributed by atoms with van der Waals surface area (Å²) in [6.07, 6.45) is 3.85. The van der Waals surface area contributed by atoms with Crippen LogP contribution >= 0.6 is 0 Å². The maximum Gasteiger partial charge on any atom is 0.320 e. The highest BCUT2D eigenvalue weighted by atomic mass is 16.6. The van der Waals surface area contributed by atoms with Gasteiger partial charge in [0.15, 0.2) is 18.0 Å². The number of carbonyl (C=O) groups excluding carboxylic acids is 3. The minimum atomic E-state index is -1.13. The lowest BCUT2D eigenvalue weighted by molar-refractivity contribution is -0.611. The summed E-state index contributed by atoms with van der Waals surface area (Å²) in [5, 5.41) is 0.956. The van der Waals surface area contributed by atoms with E-state index in [0.717, 1.165) is 53.6 Å². The first-order valence-electron chi connectivity index (χ1n) is 12.6. The van der Waals surface area contributed by atoms with Crippen molar-refractivity contribution >= 4 is 34.5 Å². The summed E-state index contributed by atoms with van der Waals surface area (Å²) >= 11 is 0. The predicted molar refractivity (Wildman–Crippen MR) is 131 cm³/mol. The summed E-state index contributed by atoms with van der Waals surface area (Å²) in [5.74, 6) is -3.42. The molecule has 2 aliphatic rings. The van der Waals surface area contributed by atoms with Crippen LogP contribution in [0.1, 0.15) is 70.1 Å². The maximum absolute atomic E-state index is 13.4. The molecule has 0 fully saturated rings. The molecular weight excluding hydrogens is 448 g/mol. The van der Waals surface area contributed by atoms with Crippen LogP contribution in [0.4, 0.5) is 0 Å². The Balaban J connectivity index is 1.93. The number of benzene rings is 1. The topological polar surface area (TPSA) is 97.7 Å². The number of aromatic nitrogens is 1. The number of ether oxygens (including phenoxy) is 3. The molecular formula is C27H35N2O6+. The Morgan fingerprint density at radius 2 is 1.77 bits per heavy atom. The van der Waals surface area contributed by atoms with Gasteiger partial charge in [0, 0.05) is 42.1 Å². The van der Waals surface area contributed by atoms with Crippen LogP contribution in [-0.2, 0) is 28.6 Å². The fourth-order valence-corrected chi connectivity index (χ4v) is 5.85. The van der Waals surface area contributed by atoms with Gasteiger partial charge in [0.2, 0.25) is 5.71 Å². The average molecular weight is 484 g/mol. The van der Waals surface area contributed by atoms with Gasteiger partial charge in [0.25, 0.3) is 0 Å². The Hall–Kier alpha value is -3.16. The van der Waals surface area contributed by atoms with E-state index < -0.39 is 29.8 Å². The van der Waals surface area contributed by atoms with Crippen molar-refractivity contribution in [1.82, 2.24) is 4.98 Å². The van der Waals surface area contributed by atoms with E-state index in [9.17, 15) is 14.4 Å². The molecule has 1 aromatic carbocycles. The molecule has 0 amide bonds. The Bertz CT molecular complexity index is 1130. The van der Waals surface area contributed by atoms with Crippen LogP contribution in [0.2, 0.25) is 0 Å². The molecule has 8 nitrogen and oxygen atoms in total. The zero-order valence-electron chi connectivity index (χ0n) is 21.0. The Labute approximate surface area is 205 Å². The van der Waals surface area contributed by atoms with Gasteiger partial charge in [-0.3, -0.25) is 14.4 Å². The van der Waals surface area contributed by atoms with E-state index in [1.807, 2.05) is 24.3 Å². The quantitative estimate of drug-likeness (QED) is 0.266. The highest BCUT2D eigenvalue weighted by molar-refractivity contribution is 6.06. The van der Waals surface area contributed by atoms with Crippen LogP contribution in [0.5, 0.6) is 0 Å². The van der Waals surface area contributed by atoms with E-state index >= 15 is 0 Å². The Morgan fingerprint density at radius 3 is 2.40 bits per heavy atom. The number of methoxy groups -OCH3 is 1. The van der Waals surface area contributed by atoms with Crippen molar-refractivity contribution in [3.8, 4) is 0 Å². The number of H-pyrrole nitrogens is 1. The van der Waals surface area contributed by atoms with E-state index in [2.05, 4.69) is 16.5 Å². The number of hydrogen-bond donors (Lipinski definition) is 1. The molecule has 0 bridgehead atoms. The van der Waals surface area contributed by atoms with Gasteiger partial charge in [-0.2, -0.15) is 0 Å². The van der Waals surface area contributed by atoms with Crippen LogP contribution in [0.25, 0.3) is 10.9 Å². The van der Waals surface area contributed by atoms with Gasteiger partial charge in [0.1, 0.15) is 11.6 Å². The van der Waals surface area contributed by atoms with Crippen molar-refractivity contribution in [1.29, 1.82) is 0 Å². The molecule has 3 heterocycles. The van der Waals surface area contributed by atoms with E-state index in [4.69, 9.17) is 14.2 Å².